The first-order valence-electron chi connectivity index (χ1n) is 7.08. The van der Waals surface area contributed by atoms with Crippen molar-refractivity contribution in [2.45, 2.75) is 45.6 Å². The van der Waals surface area contributed by atoms with Crippen LogP contribution in [-0.2, 0) is 4.79 Å². The Balaban J connectivity index is 1.86. The molecule has 17 heavy (non-hydrogen) atoms. The highest BCUT2D eigenvalue weighted by Gasteiger charge is 2.33. The van der Waals surface area contributed by atoms with Crippen molar-refractivity contribution in [1.29, 1.82) is 0 Å². The molecule has 2 aliphatic heterocycles. The molecule has 0 radical (unpaired) electrons. The first-order valence-corrected chi connectivity index (χ1v) is 7.08. The van der Waals surface area contributed by atoms with Gasteiger partial charge in [-0.25, -0.2) is 0 Å². The van der Waals surface area contributed by atoms with Gasteiger partial charge in [-0.05, 0) is 51.1 Å². The Bertz CT molecular complexity index is 269. The van der Waals surface area contributed by atoms with Gasteiger partial charge in [-0.1, -0.05) is 13.8 Å². The second kappa shape index (κ2) is 5.38. The highest BCUT2D eigenvalue weighted by molar-refractivity contribution is 5.82. The number of nitrogens with zero attached hydrogens (tertiary/aromatic N) is 2. The SMILES string of the molecule is CC(C)C1CCN(C(=O)[C@@H]2CCCN2C)CC1. The molecule has 0 N–H and O–H groups in total. The summed E-state index contributed by atoms with van der Waals surface area (Å²) >= 11 is 0. The zero-order valence-electron chi connectivity index (χ0n) is 11.5. The van der Waals surface area contributed by atoms with Gasteiger partial charge >= 0.3 is 0 Å². The van der Waals surface area contributed by atoms with Gasteiger partial charge < -0.3 is 4.90 Å². The van der Waals surface area contributed by atoms with Crippen LogP contribution in [0.2, 0.25) is 0 Å². The van der Waals surface area contributed by atoms with Crippen molar-refractivity contribution in [1.82, 2.24) is 9.80 Å². The van der Waals surface area contributed by atoms with Crippen molar-refractivity contribution in [2.24, 2.45) is 11.8 Å². The number of carbonyl (C=O) groups is 1. The summed E-state index contributed by atoms with van der Waals surface area (Å²) in [6.45, 7) is 7.64. The zero-order chi connectivity index (χ0) is 12.4. The van der Waals surface area contributed by atoms with Crippen molar-refractivity contribution in [3.05, 3.63) is 0 Å². The number of hydrogen-bond donors (Lipinski definition) is 0. The third kappa shape index (κ3) is 2.82. The van der Waals surface area contributed by atoms with Crippen molar-refractivity contribution >= 4 is 5.91 Å². The predicted molar refractivity (Wildman–Crippen MR) is 69.8 cm³/mol. The molecule has 0 aromatic heterocycles. The number of likely N-dealkylation sites (tertiary alicyclic amines) is 2. The third-order valence-corrected chi connectivity index (χ3v) is 4.60. The Morgan fingerprint density at radius 1 is 1.12 bits per heavy atom. The Morgan fingerprint density at radius 3 is 2.24 bits per heavy atom. The van der Waals surface area contributed by atoms with Crippen molar-refractivity contribution in [3.63, 3.8) is 0 Å². The van der Waals surface area contributed by atoms with Gasteiger partial charge in [0.05, 0.1) is 6.04 Å². The third-order valence-electron chi connectivity index (χ3n) is 4.60. The molecule has 0 aromatic carbocycles. The summed E-state index contributed by atoms with van der Waals surface area (Å²) < 4.78 is 0. The van der Waals surface area contributed by atoms with Gasteiger partial charge in [0.25, 0.3) is 0 Å². The van der Waals surface area contributed by atoms with Gasteiger partial charge in [0, 0.05) is 13.1 Å². The summed E-state index contributed by atoms with van der Waals surface area (Å²) in [6.07, 6.45) is 4.62. The molecule has 1 amide bonds. The average molecular weight is 238 g/mol. The van der Waals surface area contributed by atoms with Gasteiger partial charge in [-0.2, -0.15) is 0 Å². The number of amides is 1. The molecule has 0 unspecified atom stereocenters. The molecule has 2 rings (SSSR count). The van der Waals surface area contributed by atoms with E-state index in [2.05, 4.69) is 30.7 Å². The normalized spacial score (nSPS) is 28.0. The molecular weight excluding hydrogens is 212 g/mol. The van der Waals surface area contributed by atoms with E-state index in [0.29, 0.717) is 5.91 Å². The predicted octanol–water partition coefficient (Wildman–Crippen LogP) is 1.98. The number of carbonyl (C=O) groups excluding carboxylic acids is 1. The maximum absolute atomic E-state index is 12.4. The zero-order valence-corrected chi connectivity index (χ0v) is 11.5. The molecule has 0 bridgehead atoms. The number of rotatable bonds is 2. The molecule has 3 nitrogen and oxygen atoms in total. The number of hydrogen-bond acceptors (Lipinski definition) is 2. The van der Waals surface area contributed by atoms with Crippen LogP contribution in [0.5, 0.6) is 0 Å². The van der Waals surface area contributed by atoms with E-state index in [1.54, 1.807) is 0 Å². The molecule has 0 aromatic rings. The van der Waals surface area contributed by atoms with E-state index in [0.717, 1.165) is 37.9 Å². The van der Waals surface area contributed by atoms with Crippen molar-refractivity contribution in [2.75, 3.05) is 26.7 Å². The van der Waals surface area contributed by atoms with Gasteiger partial charge in [0.15, 0.2) is 0 Å². The smallest absolute Gasteiger partial charge is 0.239 e. The van der Waals surface area contributed by atoms with Crippen LogP contribution in [0.25, 0.3) is 0 Å². The highest BCUT2D eigenvalue weighted by Crippen LogP contribution is 2.26. The quantitative estimate of drug-likeness (QED) is 0.734. The van der Waals surface area contributed by atoms with Crippen LogP contribution in [0.3, 0.4) is 0 Å². The van der Waals surface area contributed by atoms with E-state index in [4.69, 9.17) is 0 Å². The second-order valence-electron chi connectivity index (χ2n) is 6.05. The van der Waals surface area contributed by atoms with Crippen LogP contribution in [0.1, 0.15) is 39.5 Å². The largest absolute Gasteiger partial charge is 0.341 e. The van der Waals surface area contributed by atoms with E-state index < -0.39 is 0 Å². The summed E-state index contributed by atoms with van der Waals surface area (Å²) in [7, 11) is 2.08. The summed E-state index contributed by atoms with van der Waals surface area (Å²) in [5, 5.41) is 0. The molecule has 1 atom stereocenters. The Kier molecular flexibility index (Phi) is 4.08. The fourth-order valence-corrected chi connectivity index (χ4v) is 3.22. The topological polar surface area (TPSA) is 23.6 Å². The molecule has 0 saturated carbocycles. The molecule has 2 fully saturated rings. The minimum atomic E-state index is 0.172. The van der Waals surface area contributed by atoms with Crippen LogP contribution >= 0.6 is 0 Å². The van der Waals surface area contributed by atoms with E-state index in [1.807, 2.05) is 0 Å². The summed E-state index contributed by atoms with van der Waals surface area (Å²) in [4.78, 5) is 16.7. The van der Waals surface area contributed by atoms with E-state index >= 15 is 0 Å². The van der Waals surface area contributed by atoms with Crippen LogP contribution in [0.15, 0.2) is 0 Å². The minimum absolute atomic E-state index is 0.172. The Labute approximate surface area is 105 Å². The van der Waals surface area contributed by atoms with Crippen LogP contribution in [0, 0.1) is 11.8 Å². The summed E-state index contributed by atoms with van der Waals surface area (Å²) in [5.74, 6) is 1.97. The molecule has 2 heterocycles. The van der Waals surface area contributed by atoms with Crippen LogP contribution in [-0.4, -0.2) is 48.4 Å². The molecule has 2 aliphatic rings. The Morgan fingerprint density at radius 2 is 1.76 bits per heavy atom. The summed E-state index contributed by atoms with van der Waals surface area (Å²) in [6, 6.07) is 0.172. The Hall–Kier alpha value is -0.570. The monoisotopic (exact) mass is 238 g/mol. The van der Waals surface area contributed by atoms with Gasteiger partial charge in [-0.15, -0.1) is 0 Å². The molecule has 0 spiro atoms. The fourth-order valence-electron chi connectivity index (χ4n) is 3.22. The van der Waals surface area contributed by atoms with Crippen LogP contribution < -0.4 is 0 Å². The number of piperidine rings is 1. The standard InChI is InChI=1S/C14H26N2O/c1-11(2)12-6-9-16(10-7-12)14(17)13-5-4-8-15(13)3/h11-13H,4-10H2,1-3H3/t13-/m0/s1. The molecular formula is C14H26N2O. The maximum Gasteiger partial charge on any atom is 0.239 e. The van der Waals surface area contributed by atoms with E-state index in [9.17, 15) is 4.79 Å². The molecule has 2 saturated heterocycles. The lowest BCUT2D eigenvalue weighted by Crippen LogP contribution is -2.47. The first kappa shape index (κ1) is 12.9. The number of likely N-dealkylation sites (N-methyl/N-ethyl adjacent to an activating group) is 1. The van der Waals surface area contributed by atoms with Crippen molar-refractivity contribution < 1.29 is 4.79 Å². The average Bonchev–Trinajstić information content (AvgIpc) is 2.74. The van der Waals surface area contributed by atoms with Crippen molar-refractivity contribution in [3.8, 4) is 0 Å². The molecule has 98 valence electrons. The molecule has 0 aliphatic carbocycles. The lowest BCUT2D eigenvalue weighted by molar-refractivity contribution is -0.137. The van der Waals surface area contributed by atoms with E-state index in [1.165, 1.54) is 19.3 Å². The fraction of sp³-hybridized carbons (Fsp3) is 0.929. The lowest BCUT2D eigenvalue weighted by atomic mass is 9.86. The van der Waals surface area contributed by atoms with Gasteiger partial charge in [0.1, 0.15) is 0 Å². The second-order valence-corrected chi connectivity index (χ2v) is 6.05. The van der Waals surface area contributed by atoms with Crippen LogP contribution in [0.4, 0.5) is 0 Å². The van der Waals surface area contributed by atoms with Gasteiger partial charge in [-0.3, -0.25) is 9.69 Å². The molecule has 3 heteroatoms. The maximum atomic E-state index is 12.4. The van der Waals surface area contributed by atoms with Gasteiger partial charge in [0.2, 0.25) is 5.91 Å². The van der Waals surface area contributed by atoms with E-state index in [-0.39, 0.29) is 6.04 Å². The highest BCUT2D eigenvalue weighted by atomic mass is 16.2. The minimum Gasteiger partial charge on any atom is -0.341 e. The lowest BCUT2D eigenvalue weighted by Gasteiger charge is -2.36. The summed E-state index contributed by atoms with van der Waals surface area (Å²) in [5.41, 5.74) is 0. The first-order chi connectivity index (χ1) is 8.09.